The zero-order chi connectivity index (χ0) is 28.9. The molecular weight excluding hydrogens is 524 g/mol. The molecule has 1 saturated heterocycles. The largest absolute Gasteiger partial charge is 0.480 e. The summed E-state index contributed by atoms with van der Waals surface area (Å²) in [5.74, 6) is -2.81. The third kappa shape index (κ3) is 10.7. The number of carbonyl (C=O) groups excluding carboxylic acids is 1. The summed E-state index contributed by atoms with van der Waals surface area (Å²) in [6, 6.07) is 7.36. The summed E-state index contributed by atoms with van der Waals surface area (Å²) in [5, 5.41) is 39.2. The van der Waals surface area contributed by atoms with Crippen LogP contribution in [0.1, 0.15) is 12.8 Å². The molecule has 1 fully saturated rings. The molecule has 0 atom stereocenters. The molecule has 0 unspecified atom stereocenters. The van der Waals surface area contributed by atoms with Gasteiger partial charge >= 0.3 is 17.9 Å². The van der Waals surface area contributed by atoms with Crippen molar-refractivity contribution in [1.82, 2.24) is 34.8 Å². The molecule has 0 saturated carbocycles. The highest BCUT2D eigenvalue weighted by Crippen LogP contribution is 2.09. The minimum atomic E-state index is -1.02. The van der Waals surface area contributed by atoms with Crippen LogP contribution >= 0.6 is 0 Å². The van der Waals surface area contributed by atoms with E-state index in [1.165, 1.54) is 0 Å². The normalized spacial score (nSPS) is 16.6. The van der Waals surface area contributed by atoms with Gasteiger partial charge < -0.3 is 25.5 Å². The first-order valence-corrected chi connectivity index (χ1v) is 13.1. The SMILES string of the molecule is O=C(O)CN1CCN(CC(=O)O)CCN(C(=O)CCCNc2nnc3ccccc3n2)CCN(CC(=O)O)CC1. The van der Waals surface area contributed by atoms with Gasteiger partial charge in [-0.1, -0.05) is 12.1 Å². The Bertz CT molecular complexity index is 1130. The summed E-state index contributed by atoms with van der Waals surface area (Å²) in [6.07, 6.45) is 0.714. The molecule has 1 aliphatic heterocycles. The molecule has 1 aliphatic rings. The first kappa shape index (κ1) is 30.6. The van der Waals surface area contributed by atoms with Crippen LogP contribution in [0.3, 0.4) is 0 Å². The fourth-order valence-corrected chi connectivity index (χ4v) is 4.39. The molecule has 1 aromatic carbocycles. The molecule has 15 nitrogen and oxygen atoms in total. The summed E-state index contributed by atoms with van der Waals surface area (Å²) < 4.78 is 0. The van der Waals surface area contributed by atoms with Gasteiger partial charge in [-0.25, -0.2) is 4.98 Å². The van der Waals surface area contributed by atoms with Crippen molar-refractivity contribution in [3.05, 3.63) is 24.3 Å². The Balaban J connectivity index is 1.60. The van der Waals surface area contributed by atoms with Crippen molar-refractivity contribution >= 4 is 40.8 Å². The fraction of sp³-hybridized carbons (Fsp3) is 0.560. The van der Waals surface area contributed by atoms with E-state index in [-0.39, 0.29) is 58.1 Å². The van der Waals surface area contributed by atoms with Crippen molar-refractivity contribution in [2.45, 2.75) is 12.8 Å². The van der Waals surface area contributed by atoms with Crippen molar-refractivity contribution in [1.29, 1.82) is 0 Å². The second kappa shape index (κ2) is 15.6. The number of amides is 1. The summed E-state index contributed by atoms with van der Waals surface area (Å²) >= 11 is 0. The van der Waals surface area contributed by atoms with Gasteiger partial charge in [-0.15, -0.1) is 10.2 Å². The summed E-state index contributed by atoms with van der Waals surface area (Å²) in [5.41, 5.74) is 1.39. The predicted molar refractivity (Wildman–Crippen MR) is 144 cm³/mol. The van der Waals surface area contributed by atoms with Crippen LogP contribution in [0.2, 0.25) is 0 Å². The van der Waals surface area contributed by atoms with Crippen molar-refractivity contribution < 1.29 is 34.5 Å². The van der Waals surface area contributed by atoms with E-state index < -0.39 is 17.9 Å². The van der Waals surface area contributed by atoms with Crippen LogP contribution in [0.4, 0.5) is 5.95 Å². The topological polar surface area (TPSA) is 193 Å². The number of aromatic nitrogens is 3. The van der Waals surface area contributed by atoms with Crippen LogP contribution in [0, 0.1) is 0 Å². The van der Waals surface area contributed by atoms with E-state index in [0.29, 0.717) is 56.1 Å². The quantitative estimate of drug-likeness (QED) is 0.250. The molecule has 0 radical (unpaired) electrons. The molecule has 0 bridgehead atoms. The molecule has 2 heterocycles. The van der Waals surface area contributed by atoms with E-state index in [9.17, 15) is 34.5 Å². The molecule has 1 amide bonds. The van der Waals surface area contributed by atoms with Gasteiger partial charge in [0.25, 0.3) is 0 Å². The van der Waals surface area contributed by atoms with Crippen LogP contribution in [0.25, 0.3) is 11.0 Å². The van der Waals surface area contributed by atoms with Crippen LogP contribution < -0.4 is 5.32 Å². The monoisotopic (exact) mass is 560 g/mol. The van der Waals surface area contributed by atoms with Crippen molar-refractivity contribution in [3.63, 3.8) is 0 Å². The van der Waals surface area contributed by atoms with Crippen LogP contribution in [0.15, 0.2) is 24.3 Å². The highest BCUT2D eigenvalue weighted by Gasteiger charge is 2.22. The highest BCUT2D eigenvalue weighted by atomic mass is 16.4. The van der Waals surface area contributed by atoms with Gasteiger partial charge in [-0.05, 0) is 18.6 Å². The number of carboxylic acid groups (broad SMARTS) is 3. The Labute approximate surface area is 231 Å². The maximum atomic E-state index is 13.1. The third-order valence-electron chi connectivity index (χ3n) is 6.48. The first-order chi connectivity index (χ1) is 19.2. The number of para-hydroxylation sites is 1. The smallest absolute Gasteiger partial charge is 0.317 e. The Kier molecular flexibility index (Phi) is 11.9. The first-order valence-electron chi connectivity index (χ1n) is 13.1. The minimum absolute atomic E-state index is 0.130. The van der Waals surface area contributed by atoms with Crippen molar-refractivity contribution in [2.24, 2.45) is 0 Å². The maximum Gasteiger partial charge on any atom is 0.317 e. The highest BCUT2D eigenvalue weighted by molar-refractivity contribution is 5.76. The van der Waals surface area contributed by atoms with E-state index >= 15 is 0 Å². The number of nitrogens with zero attached hydrogens (tertiary/aromatic N) is 7. The average molecular weight is 561 g/mol. The van der Waals surface area contributed by atoms with E-state index in [1.54, 1.807) is 19.6 Å². The number of aliphatic carboxylic acids is 3. The van der Waals surface area contributed by atoms with Crippen molar-refractivity contribution in [3.8, 4) is 0 Å². The Morgan fingerprint density at radius 1 is 0.700 bits per heavy atom. The van der Waals surface area contributed by atoms with Crippen molar-refractivity contribution in [2.75, 3.05) is 83.9 Å². The molecule has 0 spiro atoms. The van der Waals surface area contributed by atoms with Crippen LogP contribution in [-0.4, -0.2) is 152 Å². The van der Waals surface area contributed by atoms with E-state index in [2.05, 4.69) is 20.5 Å². The second-order valence-electron chi connectivity index (χ2n) is 9.54. The molecule has 3 rings (SSSR count). The second-order valence-corrected chi connectivity index (χ2v) is 9.54. The molecule has 4 N–H and O–H groups in total. The molecule has 2 aromatic rings. The van der Waals surface area contributed by atoms with E-state index in [0.717, 1.165) is 0 Å². The number of carboxylic acids is 3. The predicted octanol–water partition coefficient (Wildman–Crippen LogP) is -0.781. The summed E-state index contributed by atoms with van der Waals surface area (Å²) in [7, 11) is 0. The van der Waals surface area contributed by atoms with Crippen LogP contribution in [-0.2, 0) is 19.2 Å². The molecule has 0 aliphatic carbocycles. The fourth-order valence-electron chi connectivity index (χ4n) is 4.39. The molecule has 1 aromatic heterocycles. The lowest BCUT2D eigenvalue weighted by molar-refractivity contribution is -0.141. The number of anilines is 1. The number of nitrogens with one attached hydrogen (secondary N) is 1. The number of benzene rings is 1. The molecule has 40 heavy (non-hydrogen) atoms. The van der Waals surface area contributed by atoms with Gasteiger partial charge in [0.2, 0.25) is 11.9 Å². The Morgan fingerprint density at radius 3 is 1.68 bits per heavy atom. The number of rotatable bonds is 11. The standard InChI is InChI=1S/C25H36N8O7/c34-21(6-3-7-26-25-27-19-4-1-2-5-20(19)28-29-25)33-14-12-31(17-23(37)38)10-8-30(16-22(35)36)9-11-32(13-15-33)18-24(39)40/h1-2,4-5H,3,6-18H2,(H,35,36)(H,37,38)(H,39,40)(H,26,27,29). The van der Waals surface area contributed by atoms with Gasteiger partial charge in [0.15, 0.2) is 0 Å². The van der Waals surface area contributed by atoms with Gasteiger partial charge in [-0.3, -0.25) is 33.9 Å². The lowest BCUT2D eigenvalue weighted by atomic mass is 10.2. The van der Waals surface area contributed by atoms with Crippen LogP contribution in [0.5, 0.6) is 0 Å². The number of carbonyl (C=O) groups is 4. The van der Waals surface area contributed by atoms with Gasteiger partial charge in [0.05, 0.1) is 25.2 Å². The maximum absolute atomic E-state index is 13.1. The van der Waals surface area contributed by atoms with E-state index in [4.69, 9.17) is 0 Å². The average Bonchev–Trinajstić information content (AvgIpc) is 2.90. The Hall–Kier alpha value is -3.95. The lowest BCUT2D eigenvalue weighted by Crippen LogP contribution is -2.49. The van der Waals surface area contributed by atoms with Gasteiger partial charge in [-0.2, -0.15) is 0 Å². The molecule has 218 valence electrons. The Morgan fingerprint density at radius 2 is 1.18 bits per heavy atom. The van der Waals surface area contributed by atoms with Gasteiger partial charge in [0.1, 0.15) is 5.52 Å². The van der Waals surface area contributed by atoms with Gasteiger partial charge in [0, 0.05) is 65.3 Å². The number of hydrogen-bond donors (Lipinski definition) is 4. The molecular formula is C25H36N8O7. The lowest BCUT2D eigenvalue weighted by Gasteiger charge is -2.33. The number of hydrogen-bond acceptors (Lipinski definition) is 11. The minimum Gasteiger partial charge on any atom is -0.480 e. The zero-order valence-corrected chi connectivity index (χ0v) is 22.3. The summed E-state index contributed by atoms with van der Waals surface area (Å²) in [4.78, 5) is 58.3. The third-order valence-corrected chi connectivity index (χ3v) is 6.48. The number of fused-ring (bicyclic) bond motifs is 1. The zero-order valence-electron chi connectivity index (χ0n) is 22.3. The van der Waals surface area contributed by atoms with E-state index in [1.807, 2.05) is 24.3 Å². The molecule has 15 heteroatoms. The summed E-state index contributed by atoms with van der Waals surface area (Å²) in [6.45, 7) is 2.01.